The standard InChI is InChI=1S/C19H25N5O2/c25-19(23-9-3-8-22-17-5-2-7-21-15-17)18(16-4-1-6-20-14-16)24-10-12-26-13-11-24/h1-2,4-7,14-15,18,22H,3,8-13H2,(H,23,25)/t18-/m1/s1. The van der Waals surface area contributed by atoms with Gasteiger partial charge in [-0.05, 0) is 30.2 Å². The van der Waals surface area contributed by atoms with Gasteiger partial charge in [-0.2, -0.15) is 0 Å². The molecular weight excluding hydrogens is 330 g/mol. The molecule has 1 saturated heterocycles. The maximum atomic E-state index is 12.8. The lowest BCUT2D eigenvalue weighted by molar-refractivity contribution is -0.128. The lowest BCUT2D eigenvalue weighted by Gasteiger charge is -2.33. The SMILES string of the molecule is O=C(NCCCNc1cccnc1)[C@@H](c1cccnc1)N1CCOCC1. The summed E-state index contributed by atoms with van der Waals surface area (Å²) in [5.41, 5.74) is 1.90. The number of carbonyl (C=O) groups excluding carboxylic acids is 1. The lowest BCUT2D eigenvalue weighted by atomic mass is 10.1. The molecule has 0 bridgehead atoms. The van der Waals surface area contributed by atoms with Crippen LogP contribution in [0.25, 0.3) is 0 Å². The zero-order valence-electron chi connectivity index (χ0n) is 14.8. The summed E-state index contributed by atoms with van der Waals surface area (Å²) in [5.74, 6) is 0.0151. The Morgan fingerprint density at radius 2 is 1.88 bits per heavy atom. The van der Waals surface area contributed by atoms with Crippen LogP contribution in [0.4, 0.5) is 5.69 Å². The molecule has 0 saturated carbocycles. The quantitative estimate of drug-likeness (QED) is 0.698. The number of morpholine rings is 1. The van der Waals surface area contributed by atoms with Gasteiger partial charge >= 0.3 is 0 Å². The van der Waals surface area contributed by atoms with Crippen LogP contribution in [0.3, 0.4) is 0 Å². The van der Waals surface area contributed by atoms with Crippen molar-refractivity contribution < 1.29 is 9.53 Å². The molecule has 3 heterocycles. The molecule has 138 valence electrons. The van der Waals surface area contributed by atoms with E-state index >= 15 is 0 Å². The van der Waals surface area contributed by atoms with Crippen LogP contribution in [-0.2, 0) is 9.53 Å². The molecule has 0 unspecified atom stereocenters. The number of ether oxygens (including phenoxy) is 1. The molecule has 2 N–H and O–H groups in total. The fourth-order valence-electron chi connectivity index (χ4n) is 3.00. The highest BCUT2D eigenvalue weighted by atomic mass is 16.5. The van der Waals surface area contributed by atoms with Crippen molar-refractivity contribution in [3.8, 4) is 0 Å². The molecule has 1 amide bonds. The smallest absolute Gasteiger partial charge is 0.242 e. The maximum Gasteiger partial charge on any atom is 0.242 e. The highest BCUT2D eigenvalue weighted by Gasteiger charge is 2.28. The number of hydrogen-bond acceptors (Lipinski definition) is 6. The lowest BCUT2D eigenvalue weighted by Crippen LogP contribution is -2.46. The molecule has 0 spiro atoms. The first-order valence-corrected chi connectivity index (χ1v) is 8.98. The van der Waals surface area contributed by atoms with Crippen molar-refractivity contribution in [3.63, 3.8) is 0 Å². The number of anilines is 1. The number of aromatic nitrogens is 2. The topological polar surface area (TPSA) is 79.4 Å². The second-order valence-corrected chi connectivity index (χ2v) is 6.15. The first-order chi connectivity index (χ1) is 12.8. The van der Waals surface area contributed by atoms with Gasteiger partial charge in [0.25, 0.3) is 0 Å². The third-order valence-electron chi connectivity index (χ3n) is 4.30. The van der Waals surface area contributed by atoms with Crippen LogP contribution in [0.2, 0.25) is 0 Å². The van der Waals surface area contributed by atoms with Gasteiger partial charge in [-0.15, -0.1) is 0 Å². The van der Waals surface area contributed by atoms with Crippen molar-refractivity contribution in [1.29, 1.82) is 0 Å². The summed E-state index contributed by atoms with van der Waals surface area (Å²) in [6.07, 6.45) is 7.86. The first-order valence-electron chi connectivity index (χ1n) is 8.98. The van der Waals surface area contributed by atoms with Gasteiger partial charge in [0.05, 0.1) is 18.9 Å². The first kappa shape index (κ1) is 18.3. The monoisotopic (exact) mass is 355 g/mol. The van der Waals surface area contributed by atoms with Gasteiger partial charge in [-0.3, -0.25) is 19.7 Å². The van der Waals surface area contributed by atoms with Crippen molar-refractivity contribution in [2.24, 2.45) is 0 Å². The van der Waals surface area contributed by atoms with Gasteiger partial charge in [0.15, 0.2) is 0 Å². The molecule has 7 heteroatoms. The summed E-state index contributed by atoms with van der Waals surface area (Å²) in [6, 6.07) is 7.37. The zero-order chi connectivity index (χ0) is 18.0. The van der Waals surface area contributed by atoms with Gasteiger partial charge < -0.3 is 15.4 Å². The molecule has 0 aromatic carbocycles. The van der Waals surface area contributed by atoms with Crippen molar-refractivity contribution in [2.45, 2.75) is 12.5 Å². The molecule has 1 aliphatic rings. The number of nitrogens with one attached hydrogen (secondary N) is 2. The minimum absolute atomic E-state index is 0.0151. The van der Waals surface area contributed by atoms with Crippen molar-refractivity contribution in [2.75, 3.05) is 44.7 Å². The number of hydrogen-bond donors (Lipinski definition) is 2. The largest absolute Gasteiger partial charge is 0.384 e. The summed E-state index contributed by atoms with van der Waals surface area (Å²) in [7, 11) is 0. The fourth-order valence-corrected chi connectivity index (χ4v) is 3.00. The summed E-state index contributed by atoms with van der Waals surface area (Å²) in [6.45, 7) is 4.19. The molecule has 3 rings (SSSR count). The number of amides is 1. The molecule has 1 aliphatic heterocycles. The van der Waals surface area contributed by atoms with Crippen molar-refractivity contribution in [3.05, 3.63) is 54.6 Å². The van der Waals surface area contributed by atoms with Gasteiger partial charge in [0, 0.05) is 51.0 Å². The van der Waals surface area contributed by atoms with Crippen molar-refractivity contribution >= 4 is 11.6 Å². The van der Waals surface area contributed by atoms with Crippen LogP contribution < -0.4 is 10.6 Å². The third-order valence-corrected chi connectivity index (χ3v) is 4.30. The van der Waals surface area contributed by atoms with E-state index in [9.17, 15) is 4.79 Å². The van der Waals surface area contributed by atoms with E-state index in [1.165, 1.54) is 0 Å². The minimum atomic E-state index is -0.320. The summed E-state index contributed by atoms with van der Waals surface area (Å²) in [5, 5.41) is 6.35. The van der Waals surface area contributed by atoms with Crippen LogP contribution in [0.15, 0.2) is 49.1 Å². The molecule has 2 aromatic rings. The van der Waals surface area contributed by atoms with E-state index in [4.69, 9.17) is 4.74 Å². The van der Waals surface area contributed by atoms with Crippen molar-refractivity contribution in [1.82, 2.24) is 20.2 Å². The fraction of sp³-hybridized carbons (Fsp3) is 0.421. The van der Waals surface area contributed by atoms with Gasteiger partial charge in [0.1, 0.15) is 6.04 Å². The van der Waals surface area contributed by atoms with Crippen LogP contribution in [0.5, 0.6) is 0 Å². The molecule has 7 nitrogen and oxygen atoms in total. The summed E-state index contributed by atoms with van der Waals surface area (Å²) in [4.78, 5) is 23.2. The van der Waals surface area contributed by atoms with E-state index in [-0.39, 0.29) is 11.9 Å². The van der Waals surface area contributed by atoms with Gasteiger partial charge in [-0.25, -0.2) is 0 Å². The Kier molecular flexibility index (Phi) is 6.92. The van der Waals surface area contributed by atoms with Crippen LogP contribution >= 0.6 is 0 Å². The average molecular weight is 355 g/mol. The Bertz CT molecular complexity index is 662. The van der Waals surface area contributed by atoms with E-state index in [0.29, 0.717) is 19.8 Å². The Morgan fingerprint density at radius 3 is 2.58 bits per heavy atom. The Labute approximate surface area is 153 Å². The Morgan fingerprint density at radius 1 is 1.12 bits per heavy atom. The van der Waals surface area contributed by atoms with Crippen LogP contribution in [0.1, 0.15) is 18.0 Å². The average Bonchev–Trinajstić information content (AvgIpc) is 2.70. The van der Waals surface area contributed by atoms with E-state index in [2.05, 4.69) is 25.5 Å². The van der Waals surface area contributed by atoms with E-state index < -0.39 is 0 Å². The predicted molar refractivity (Wildman–Crippen MR) is 99.7 cm³/mol. The normalized spacial score (nSPS) is 16.0. The maximum absolute atomic E-state index is 12.8. The number of rotatable bonds is 8. The number of pyridine rings is 2. The second kappa shape index (κ2) is 9.84. The van der Waals surface area contributed by atoms with Gasteiger partial charge in [-0.1, -0.05) is 6.07 Å². The minimum Gasteiger partial charge on any atom is -0.384 e. The van der Waals surface area contributed by atoms with Crippen LogP contribution in [-0.4, -0.2) is 60.2 Å². The predicted octanol–water partition coefficient (Wildman–Crippen LogP) is 1.47. The summed E-state index contributed by atoms with van der Waals surface area (Å²) >= 11 is 0. The Balaban J connectivity index is 1.50. The van der Waals surface area contributed by atoms with E-state index in [1.807, 2.05) is 24.3 Å². The molecule has 2 aromatic heterocycles. The second-order valence-electron chi connectivity index (χ2n) is 6.15. The summed E-state index contributed by atoms with van der Waals surface area (Å²) < 4.78 is 5.42. The molecular formula is C19H25N5O2. The Hall–Kier alpha value is -2.51. The molecule has 1 atom stereocenters. The van der Waals surface area contributed by atoms with Gasteiger partial charge in [0.2, 0.25) is 5.91 Å². The van der Waals surface area contributed by atoms with E-state index in [1.54, 1.807) is 24.8 Å². The molecule has 0 aliphatic carbocycles. The zero-order valence-corrected chi connectivity index (χ0v) is 14.8. The van der Waals surface area contributed by atoms with Crippen LogP contribution in [0, 0.1) is 0 Å². The number of nitrogens with zero attached hydrogens (tertiary/aromatic N) is 3. The highest BCUT2D eigenvalue weighted by Crippen LogP contribution is 2.21. The third kappa shape index (κ3) is 5.24. The molecule has 0 radical (unpaired) electrons. The molecule has 1 fully saturated rings. The molecule has 26 heavy (non-hydrogen) atoms. The highest BCUT2D eigenvalue weighted by molar-refractivity contribution is 5.83. The van der Waals surface area contributed by atoms with E-state index in [0.717, 1.165) is 37.3 Å². The number of carbonyl (C=O) groups is 1.